The molecule has 0 fully saturated rings. The lowest BCUT2D eigenvalue weighted by atomic mass is 9.96. The van der Waals surface area contributed by atoms with E-state index in [-0.39, 0.29) is 0 Å². The fourth-order valence-electron chi connectivity index (χ4n) is 4.32. The molecule has 0 heterocycles. The van der Waals surface area contributed by atoms with Crippen LogP contribution in [0.25, 0.3) is 22.3 Å². The average Bonchev–Trinajstić information content (AvgIpc) is 2.85. The van der Waals surface area contributed by atoms with Crippen LogP contribution >= 0.6 is 11.8 Å². The first-order chi connectivity index (χ1) is 16.0. The van der Waals surface area contributed by atoms with Crippen molar-refractivity contribution in [3.8, 4) is 33.8 Å². The van der Waals surface area contributed by atoms with E-state index in [1.165, 1.54) is 11.8 Å². The van der Waals surface area contributed by atoms with Crippen LogP contribution in [0.2, 0.25) is 0 Å². The zero-order valence-corrected chi connectivity index (χ0v) is 20.5. The van der Waals surface area contributed by atoms with Gasteiger partial charge in [-0.15, -0.1) is 0 Å². The zero-order chi connectivity index (χ0) is 23.5. The van der Waals surface area contributed by atoms with Crippen molar-refractivity contribution in [1.29, 1.82) is 0 Å². The highest BCUT2D eigenvalue weighted by atomic mass is 32.2. The molecule has 0 amide bonds. The van der Waals surface area contributed by atoms with E-state index in [4.69, 9.17) is 0 Å². The summed E-state index contributed by atoms with van der Waals surface area (Å²) in [7, 11) is 0. The summed E-state index contributed by atoms with van der Waals surface area (Å²) in [4.78, 5) is 1.61. The average molecular weight is 455 g/mol. The van der Waals surface area contributed by atoms with E-state index in [1.807, 2.05) is 36.4 Å². The SMILES string of the molecule is CCc1cc(-c2ccccc2)c(C)c(Sc2c(C)c(-c3ccccc3)cc(CC)c2O)c1O. The Morgan fingerprint density at radius 3 is 1.30 bits per heavy atom. The number of benzene rings is 4. The van der Waals surface area contributed by atoms with E-state index in [2.05, 4.69) is 64.1 Å². The van der Waals surface area contributed by atoms with Gasteiger partial charge >= 0.3 is 0 Å². The third kappa shape index (κ3) is 4.38. The van der Waals surface area contributed by atoms with Gasteiger partial charge in [-0.3, -0.25) is 0 Å². The molecule has 0 aliphatic carbocycles. The molecule has 4 rings (SSSR count). The predicted octanol–water partition coefficient (Wildman–Crippen LogP) is 8.32. The number of phenolic OH excluding ortho intramolecular Hbond substituents is 2. The molecule has 2 nitrogen and oxygen atoms in total. The Bertz CT molecular complexity index is 1180. The maximum atomic E-state index is 11.2. The van der Waals surface area contributed by atoms with Crippen molar-refractivity contribution in [2.24, 2.45) is 0 Å². The second kappa shape index (κ2) is 9.76. The van der Waals surface area contributed by atoms with E-state index in [9.17, 15) is 10.2 Å². The van der Waals surface area contributed by atoms with Crippen LogP contribution in [-0.4, -0.2) is 10.2 Å². The summed E-state index contributed by atoms with van der Waals surface area (Å²) >= 11 is 1.47. The van der Waals surface area contributed by atoms with Crippen LogP contribution in [-0.2, 0) is 12.8 Å². The van der Waals surface area contributed by atoms with Gasteiger partial charge in [-0.05, 0) is 83.3 Å². The fourth-order valence-corrected chi connectivity index (χ4v) is 5.50. The molecule has 2 N–H and O–H groups in total. The summed E-state index contributed by atoms with van der Waals surface area (Å²) < 4.78 is 0. The van der Waals surface area contributed by atoms with E-state index < -0.39 is 0 Å². The number of aromatic hydroxyl groups is 2. The third-order valence-corrected chi connectivity index (χ3v) is 7.71. The highest BCUT2D eigenvalue weighted by Crippen LogP contribution is 2.49. The van der Waals surface area contributed by atoms with Gasteiger partial charge in [-0.25, -0.2) is 0 Å². The van der Waals surface area contributed by atoms with Crippen LogP contribution in [0.15, 0.2) is 82.6 Å². The Hall–Kier alpha value is -3.17. The number of hydrogen-bond acceptors (Lipinski definition) is 3. The highest BCUT2D eigenvalue weighted by molar-refractivity contribution is 7.99. The van der Waals surface area contributed by atoms with Crippen LogP contribution in [0.3, 0.4) is 0 Å². The Morgan fingerprint density at radius 2 is 0.970 bits per heavy atom. The summed E-state index contributed by atoms with van der Waals surface area (Å²) in [6.45, 7) is 8.22. The molecule has 3 heteroatoms. The van der Waals surface area contributed by atoms with Crippen molar-refractivity contribution in [2.75, 3.05) is 0 Å². The lowest BCUT2D eigenvalue weighted by Crippen LogP contribution is -1.96. The summed E-state index contributed by atoms with van der Waals surface area (Å²) in [5.74, 6) is 0.614. The molecule has 0 bridgehead atoms. The minimum absolute atomic E-state index is 0.307. The van der Waals surface area contributed by atoms with Crippen molar-refractivity contribution in [3.63, 3.8) is 0 Å². The van der Waals surface area contributed by atoms with E-state index in [1.54, 1.807) is 0 Å². The molecule has 168 valence electrons. The van der Waals surface area contributed by atoms with Gasteiger partial charge in [0.15, 0.2) is 0 Å². The summed E-state index contributed by atoms with van der Waals surface area (Å²) in [6, 6.07) is 24.7. The topological polar surface area (TPSA) is 40.5 Å². The van der Waals surface area contributed by atoms with Crippen molar-refractivity contribution in [1.82, 2.24) is 0 Å². The summed E-state index contributed by atoms with van der Waals surface area (Å²) in [5.41, 5.74) is 8.33. The van der Waals surface area contributed by atoms with E-state index in [0.717, 1.165) is 67.1 Å². The number of phenols is 2. The fraction of sp³-hybridized carbons (Fsp3) is 0.200. The Morgan fingerprint density at radius 1 is 0.606 bits per heavy atom. The molecular weight excluding hydrogens is 424 g/mol. The molecule has 0 aliphatic rings. The van der Waals surface area contributed by atoms with Gasteiger partial charge in [0.1, 0.15) is 11.5 Å². The first-order valence-electron chi connectivity index (χ1n) is 11.5. The first-order valence-corrected chi connectivity index (χ1v) is 12.3. The van der Waals surface area contributed by atoms with Crippen LogP contribution in [0.4, 0.5) is 0 Å². The van der Waals surface area contributed by atoms with Crippen LogP contribution in [0.5, 0.6) is 11.5 Å². The van der Waals surface area contributed by atoms with Crippen LogP contribution < -0.4 is 0 Å². The maximum Gasteiger partial charge on any atom is 0.132 e. The van der Waals surface area contributed by atoms with Crippen molar-refractivity contribution in [2.45, 2.75) is 50.3 Å². The van der Waals surface area contributed by atoms with Crippen molar-refractivity contribution in [3.05, 3.63) is 95.1 Å². The second-order valence-electron chi connectivity index (χ2n) is 8.31. The smallest absolute Gasteiger partial charge is 0.132 e. The molecule has 0 saturated carbocycles. The first kappa shape index (κ1) is 23.0. The van der Waals surface area contributed by atoms with Crippen molar-refractivity contribution >= 4 is 11.8 Å². The largest absolute Gasteiger partial charge is 0.506 e. The van der Waals surface area contributed by atoms with E-state index >= 15 is 0 Å². The molecule has 0 aromatic heterocycles. The minimum Gasteiger partial charge on any atom is -0.506 e. The predicted molar refractivity (Wildman–Crippen MR) is 139 cm³/mol. The standard InChI is InChI=1S/C30H30O2S/c1-5-21-17-25(23-13-9-7-10-14-23)19(3)29(27(21)31)33-30-20(4)26(18-22(6-2)28(30)32)24-15-11-8-12-16-24/h7-18,31-32H,5-6H2,1-4H3. The number of rotatable bonds is 6. The molecule has 0 unspecified atom stereocenters. The van der Waals surface area contributed by atoms with Gasteiger partial charge in [-0.2, -0.15) is 0 Å². The molecule has 0 saturated heterocycles. The third-order valence-electron chi connectivity index (χ3n) is 6.30. The van der Waals surface area contributed by atoms with Gasteiger partial charge in [0.2, 0.25) is 0 Å². The van der Waals surface area contributed by atoms with Crippen molar-refractivity contribution < 1.29 is 10.2 Å². The summed E-state index contributed by atoms with van der Waals surface area (Å²) in [5, 5.41) is 22.4. The number of aryl methyl sites for hydroxylation is 2. The maximum absolute atomic E-state index is 11.2. The van der Waals surface area contributed by atoms with E-state index in [0.29, 0.717) is 11.5 Å². The van der Waals surface area contributed by atoms with Gasteiger partial charge in [-0.1, -0.05) is 86.3 Å². The molecule has 0 spiro atoms. The lowest BCUT2D eigenvalue weighted by molar-refractivity contribution is 0.452. The molecule has 0 atom stereocenters. The summed E-state index contributed by atoms with van der Waals surface area (Å²) in [6.07, 6.45) is 1.46. The Balaban J connectivity index is 1.92. The van der Waals surface area contributed by atoms with Crippen LogP contribution in [0.1, 0.15) is 36.1 Å². The molecule has 4 aromatic rings. The second-order valence-corrected chi connectivity index (χ2v) is 9.33. The van der Waals surface area contributed by atoms with Gasteiger partial charge in [0.25, 0.3) is 0 Å². The minimum atomic E-state index is 0.307. The highest BCUT2D eigenvalue weighted by Gasteiger charge is 2.21. The lowest BCUT2D eigenvalue weighted by Gasteiger charge is -2.20. The Kier molecular flexibility index (Phi) is 6.80. The molecule has 4 aromatic carbocycles. The normalized spacial score (nSPS) is 11.0. The molecule has 0 aliphatic heterocycles. The number of hydrogen-bond donors (Lipinski definition) is 2. The molecule has 0 radical (unpaired) electrons. The Labute approximate surface area is 201 Å². The zero-order valence-electron chi connectivity index (χ0n) is 19.6. The van der Waals surface area contributed by atoms with Crippen LogP contribution in [0, 0.1) is 13.8 Å². The quantitative estimate of drug-likeness (QED) is 0.308. The van der Waals surface area contributed by atoms with Gasteiger partial charge in [0.05, 0.1) is 9.79 Å². The van der Waals surface area contributed by atoms with Gasteiger partial charge in [0, 0.05) is 0 Å². The molecular formula is C30H30O2S. The van der Waals surface area contributed by atoms with Gasteiger partial charge < -0.3 is 10.2 Å². The monoisotopic (exact) mass is 454 g/mol. The molecule has 33 heavy (non-hydrogen) atoms.